The minimum absolute atomic E-state index is 0.227. The average molecular weight is 262 g/mol. The number of aliphatic hydroxyl groups is 1. The van der Waals surface area contributed by atoms with E-state index in [9.17, 15) is 0 Å². The highest BCUT2D eigenvalue weighted by molar-refractivity contribution is 5.67. The lowest BCUT2D eigenvalue weighted by atomic mass is 10.1. The van der Waals surface area contributed by atoms with Gasteiger partial charge in [0.25, 0.3) is 0 Å². The minimum atomic E-state index is 0.227. The molecule has 0 radical (unpaired) electrons. The SMILES string of the molecule is CC(CCO)CNc1nccn2nc(C(C)C)cc12. The highest BCUT2D eigenvalue weighted by Crippen LogP contribution is 2.20. The summed E-state index contributed by atoms with van der Waals surface area (Å²) in [5.74, 6) is 1.67. The molecule has 2 heterocycles. The molecule has 0 aliphatic carbocycles. The molecule has 0 fully saturated rings. The van der Waals surface area contributed by atoms with Gasteiger partial charge >= 0.3 is 0 Å². The van der Waals surface area contributed by atoms with E-state index in [0.29, 0.717) is 11.8 Å². The van der Waals surface area contributed by atoms with Gasteiger partial charge in [0.1, 0.15) is 5.52 Å². The number of nitrogens with zero attached hydrogens (tertiary/aromatic N) is 3. The maximum Gasteiger partial charge on any atom is 0.152 e. The van der Waals surface area contributed by atoms with E-state index in [-0.39, 0.29) is 6.61 Å². The monoisotopic (exact) mass is 262 g/mol. The largest absolute Gasteiger partial charge is 0.396 e. The zero-order valence-corrected chi connectivity index (χ0v) is 11.8. The van der Waals surface area contributed by atoms with Crippen molar-refractivity contribution >= 4 is 11.3 Å². The molecule has 2 aromatic rings. The van der Waals surface area contributed by atoms with E-state index in [2.05, 4.69) is 42.2 Å². The predicted molar refractivity (Wildman–Crippen MR) is 76.4 cm³/mol. The molecular weight excluding hydrogens is 240 g/mol. The molecule has 0 aliphatic rings. The number of rotatable bonds is 6. The quantitative estimate of drug-likeness (QED) is 0.838. The molecule has 19 heavy (non-hydrogen) atoms. The Bertz CT molecular complexity index is 535. The second-order valence-corrected chi connectivity index (χ2v) is 5.33. The van der Waals surface area contributed by atoms with Crippen LogP contribution in [0.4, 0.5) is 5.82 Å². The summed E-state index contributed by atoms with van der Waals surface area (Å²) in [7, 11) is 0. The van der Waals surface area contributed by atoms with Crippen molar-refractivity contribution in [2.24, 2.45) is 5.92 Å². The van der Waals surface area contributed by atoms with Gasteiger partial charge in [-0.3, -0.25) is 0 Å². The fourth-order valence-electron chi connectivity index (χ4n) is 1.95. The Labute approximate surface area is 113 Å². The zero-order chi connectivity index (χ0) is 13.8. The average Bonchev–Trinajstić information content (AvgIpc) is 2.81. The van der Waals surface area contributed by atoms with E-state index >= 15 is 0 Å². The van der Waals surface area contributed by atoms with Gasteiger partial charge in [-0.2, -0.15) is 5.10 Å². The van der Waals surface area contributed by atoms with Crippen LogP contribution in [0.5, 0.6) is 0 Å². The first-order valence-corrected chi connectivity index (χ1v) is 6.80. The van der Waals surface area contributed by atoms with Gasteiger partial charge < -0.3 is 10.4 Å². The third-order valence-corrected chi connectivity index (χ3v) is 3.24. The second kappa shape index (κ2) is 6.02. The summed E-state index contributed by atoms with van der Waals surface area (Å²) in [5.41, 5.74) is 2.07. The topological polar surface area (TPSA) is 62.5 Å². The highest BCUT2D eigenvalue weighted by Gasteiger charge is 2.10. The zero-order valence-electron chi connectivity index (χ0n) is 11.8. The number of aromatic nitrogens is 3. The first kappa shape index (κ1) is 13.8. The van der Waals surface area contributed by atoms with Gasteiger partial charge in [-0.05, 0) is 24.3 Å². The predicted octanol–water partition coefficient (Wildman–Crippen LogP) is 2.28. The van der Waals surface area contributed by atoms with E-state index < -0.39 is 0 Å². The van der Waals surface area contributed by atoms with Crippen LogP contribution in [0, 0.1) is 5.92 Å². The van der Waals surface area contributed by atoms with E-state index in [1.165, 1.54) is 0 Å². The third-order valence-electron chi connectivity index (χ3n) is 3.24. The van der Waals surface area contributed by atoms with Gasteiger partial charge in [0.15, 0.2) is 5.82 Å². The van der Waals surface area contributed by atoms with Crippen molar-refractivity contribution in [3.63, 3.8) is 0 Å². The van der Waals surface area contributed by atoms with Crippen LogP contribution in [0.1, 0.15) is 38.8 Å². The van der Waals surface area contributed by atoms with Gasteiger partial charge in [0.2, 0.25) is 0 Å². The molecule has 1 unspecified atom stereocenters. The summed E-state index contributed by atoms with van der Waals surface area (Å²) < 4.78 is 1.86. The smallest absolute Gasteiger partial charge is 0.152 e. The molecule has 2 rings (SSSR count). The Morgan fingerprint density at radius 3 is 2.84 bits per heavy atom. The van der Waals surface area contributed by atoms with Gasteiger partial charge in [0, 0.05) is 25.5 Å². The molecule has 5 heteroatoms. The lowest BCUT2D eigenvalue weighted by Gasteiger charge is -2.12. The Morgan fingerprint density at radius 1 is 1.37 bits per heavy atom. The molecule has 104 valence electrons. The number of aliphatic hydroxyl groups excluding tert-OH is 1. The molecule has 0 aliphatic heterocycles. The Balaban J connectivity index is 2.18. The highest BCUT2D eigenvalue weighted by atomic mass is 16.3. The summed E-state index contributed by atoms with van der Waals surface area (Å²) >= 11 is 0. The van der Waals surface area contributed by atoms with Crippen LogP contribution < -0.4 is 5.32 Å². The first-order valence-electron chi connectivity index (χ1n) is 6.80. The van der Waals surface area contributed by atoms with Gasteiger partial charge in [-0.25, -0.2) is 9.50 Å². The van der Waals surface area contributed by atoms with Gasteiger partial charge in [-0.1, -0.05) is 20.8 Å². The lowest BCUT2D eigenvalue weighted by Crippen LogP contribution is -2.14. The van der Waals surface area contributed by atoms with Crippen LogP contribution in [0.3, 0.4) is 0 Å². The molecule has 1 atom stereocenters. The normalized spacial score (nSPS) is 13.1. The first-order chi connectivity index (χ1) is 9.11. The fraction of sp³-hybridized carbons (Fsp3) is 0.571. The van der Waals surface area contributed by atoms with E-state index in [0.717, 1.165) is 30.0 Å². The van der Waals surface area contributed by atoms with Crippen molar-refractivity contribution in [3.8, 4) is 0 Å². The number of fused-ring (bicyclic) bond motifs is 1. The van der Waals surface area contributed by atoms with Crippen LogP contribution in [0.15, 0.2) is 18.5 Å². The fourth-order valence-corrected chi connectivity index (χ4v) is 1.95. The second-order valence-electron chi connectivity index (χ2n) is 5.33. The maximum atomic E-state index is 8.91. The van der Waals surface area contributed by atoms with Crippen molar-refractivity contribution in [2.75, 3.05) is 18.5 Å². The van der Waals surface area contributed by atoms with Gasteiger partial charge in [-0.15, -0.1) is 0 Å². The van der Waals surface area contributed by atoms with Crippen molar-refractivity contribution in [3.05, 3.63) is 24.2 Å². The Morgan fingerprint density at radius 2 is 2.16 bits per heavy atom. The number of hydrogen-bond donors (Lipinski definition) is 2. The molecule has 2 N–H and O–H groups in total. The summed E-state index contributed by atoms with van der Waals surface area (Å²) in [5, 5.41) is 16.8. The lowest BCUT2D eigenvalue weighted by molar-refractivity contribution is 0.266. The number of hydrogen-bond acceptors (Lipinski definition) is 4. The van der Waals surface area contributed by atoms with E-state index in [4.69, 9.17) is 5.11 Å². The molecular formula is C14H22N4O. The van der Waals surface area contributed by atoms with Crippen molar-refractivity contribution < 1.29 is 5.11 Å². The molecule has 2 aromatic heterocycles. The molecule has 0 bridgehead atoms. The molecule has 0 saturated carbocycles. The van der Waals surface area contributed by atoms with Crippen LogP contribution >= 0.6 is 0 Å². The van der Waals surface area contributed by atoms with Gasteiger partial charge in [0.05, 0.1) is 5.69 Å². The molecule has 5 nitrogen and oxygen atoms in total. The third kappa shape index (κ3) is 3.23. The maximum absolute atomic E-state index is 8.91. The molecule has 0 saturated heterocycles. The van der Waals surface area contributed by atoms with E-state index in [1.54, 1.807) is 6.20 Å². The summed E-state index contributed by atoms with van der Waals surface area (Å²) in [4.78, 5) is 4.38. The summed E-state index contributed by atoms with van der Waals surface area (Å²) in [6.45, 7) is 7.40. The molecule has 0 amide bonds. The number of anilines is 1. The van der Waals surface area contributed by atoms with Crippen LogP contribution in [-0.2, 0) is 0 Å². The van der Waals surface area contributed by atoms with Crippen molar-refractivity contribution in [2.45, 2.75) is 33.1 Å². The van der Waals surface area contributed by atoms with Crippen LogP contribution in [0.25, 0.3) is 5.52 Å². The van der Waals surface area contributed by atoms with Crippen LogP contribution in [0.2, 0.25) is 0 Å². The van der Waals surface area contributed by atoms with Crippen molar-refractivity contribution in [1.29, 1.82) is 0 Å². The summed E-state index contributed by atoms with van der Waals surface area (Å²) in [6.07, 6.45) is 4.42. The molecule has 0 aromatic carbocycles. The standard InChI is InChI=1S/C14H22N4O/c1-10(2)12-8-13-14(15-5-6-18(13)17-12)16-9-11(3)4-7-19/h5-6,8,10-11,19H,4,7,9H2,1-3H3,(H,15,16). The molecule has 0 spiro atoms. The minimum Gasteiger partial charge on any atom is -0.396 e. The van der Waals surface area contributed by atoms with E-state index in [1.807, 2.05) is 10.7 Å². The Kier molecular flexibility index (Phi) is 4.37. The van der Waals surface area contributed by atoms with Crippen molar-refractivity contribution in [1.82, 2.24) is 14.6 Å². The number of nitrogens with one attached hydrogen (secondary N) is 1. The summed E-state index contributed by atoms with van der Waals surface area (Å²) in [6, 6.07) is 2.08. The Hall–Kier alpha value is -1.62. The van der Waals surface area contributed by atoms with Crippen LogP contribution in [-0.4, -0.2) is 32.9 Å².